The van der Waals surface area contributed by atoms with Crippen molar-refractivity contribution in [3.8, 4) is 5.75 Å². The molecule has 0 aliphatic rings. The van der Waals surface area contributed by atoms with Crippen LogP contribution in [0.15, 0.2) is 88.9 Å². The highest BCUT2D eigenvalue weighted by molar-refractivity contribution is 7.92. The maximum absolute atomic E-state index is 13.3. The van der Waals surface area contributed by atoms with E-state index >= 15 is 0 Å². The number of benzene rings is 3. The average Bonchev–Trinajstić information content (AvgIpc) is 2.85. The monoisotopic (exact) mass is 499 g/mol. The molecule has 0 heterocycles. The second kappa shape index (κ2) is 12.2. The molecule has 3 aromatic carbocycles. The molecular weight excluding hydrogens is 474 g/mol. The normalized spacial score (nSPS) is 11.4. The summed E-state index contributed by atoms with van der Waals surface area (Å²) in [6, 6.07) is 21.6. The third kappa shape index (κ3) is 6.82. The smallest absolute Gasteiger partial charge is 0.264 e. The van der Waals surface area contributed by atoms with Gasteiger partial charge in [-0.3, -0.25) is 9.10 Å². The van der Waals surface area contributed by atoms with Crippen LogP contribution in [0.25, 0.3) is 0 Å². The Morgan fingerprint density at radius 1 is 1.03 bits per heavy atom. The van der Waals surface area contributed by atoms with Gasteiger partial charge in [-0.1, -0.05) is 55.3 Å². The summed E-state index contributed by atoms with van der Waals surface area (Å²) < 4.78 is 33.1. The minimum Gasteiger partial charge on any atom is -0.494 e. The van der Waals surface area contributed by atoms with Crippen molar-refractivity contribution in [2.75, 3.05) is 17.5 Å². The molecule has 7 nitrogen and oxygen atoms in total. The van der Waals surface area contributed by atoms with Gasteiger partial charge >= 0.3 is 0 Å². The summed E-state index contributed by atoms with van der Waals surface area (Å²) >= 11 is 6.26. The summed E-state index contributed by atoms with van der Waals surface area (Å²) in [5.74, 6) is 0.145. The van der Waals surface area contributed by atoms with E-state index in [4.69, 9.17) is 16.3 Å². The Bertz CT molecular complexity index is 1220. The van der Waals surface area contributed by atoms with E-state index in [0.29, 0.717) is 6.61 Å². The van der Waals surface area contributed by atoms with Crippen LogP contribution in [0.5, 0.6) is 5.75 Å². The Labute approximate surface area is 205 Å². The van der Waals surface area contributed by atoms with Gasteiger partial charge in [-0.2, -0.15) is 5.10 Å². The van der Waals surface area contributed by atoms with E-state index in [-0.39, 0.29) is 15.6 Å². The second-order valence-electron chi connectivity index (χ2n) is 7.34. The molecule has 0 aliphatic carbocycles. The van der Waals surface area contributed by atoms with Crippen LogP contribution in [0, 0.1) is 0 Å². The fourth-order valence-corrected chi connectivity index (χ4v) is 4.75. The Morgan fingerprint density at radius 3 is 2.38 bits per heavy atom. The highest BCUT2D eigenvalue weighted by Crippen LogP contribution is 2.30. The lowest BCUT2D eigenvalue weighted by Crippen LogP contribution is -2.39. The summed E-state index contributed by atoms with van der Waals surface area (Å²) in [4.78, 5) is 12.7. The Kier molecular flexibility index (Phi) is 9.07. The van der Waals surface area contributed by atoms with Gasteiger partial charge in [-0.05, 0) is 60.5 Å². The molecule has 1 N–H and O–H groups in total. The number of amides is 1. The summed E-state index contributed by atoms with van der Waals surface area (Å²) in [5.41, 5.74) is 3.33. The van der Waals surface area contributed by atoms with Gasteiger partial charge in [0.15, 0.2) is 0 Å². The number of rotatable bonds is 11. The van der Waals surface area contributed by atoms with Gasteiger partial charge in [0.25, 0.3) is 15.9 Å². The third-order valence-electron chi connectivity index (χ3n) is 4.79. The maximum Gasteiger partial charge on any atom is 0.264 e. The minimum absolute atomic E-state index is 0.0486. The molecular formula is C25H26ClN3O4S. The predicted molar refractivity (Wildman–Crippen MR) is 135 cm³/mol. The van der Waals surface area contributed by atoms with Crippen LogP contribution in [0.4, 0.5) is 5.69 Å². The van der Waals surface area contributed by atoms with Crippen LogP contribution in [-0.4, -0.2) is 33.7 Å². The van der Waals surface area contributed by atoms with Crippen molar-refractivity contribution in [3.05, 3.63) is 89.4 Å². The van der Waals surface area contributed by atoms with Gasteiger partial charge in [0, 0.05) is 0 Å². The maximum atomic E-state index is 13.3. The number of carbonyl (C=O) groups is 1. The molecule has 0 aromatic heterocycles. The molecule has 0 bridgehead atoms. The topological polar surface area (TPSA) is 88.1 Å². The molecule has 0 unspecified atom stereocenters. The number of hydrogen-bond acceptors (Lipinski definition) is 5. The van der Waals surface area contributed by atoms with Crippen LogP contribution < -0.4 is 14.5 Å². The number of hydrogen-bond donors (Lipinski definition) is 1. The zero-order valence-electron chi connectivity index (χ0n) is 18.7. The third-order valence-corrected chi connectivity index (χ3v) is 6.88. The first-order chi connectivity index (χ1) is 16.4. The molecule has 0 radical (unpaired) electrons. The Hall–Kier alpha value is -3.36. The Morgan fingerprint density at radius 2 is 1.71 bits per heavy atom. The first-order valence-electron chi connectivity index (χ1n) is 10.8. The molecule has 0 spiro atoms. The molecule has 3 aromatic rings. The number of anilines is 1. The van der Waals surface area contributed by atoms with E-state index in [0.717, 1.165) is 28.5 Å². The van der Waals surface area contributed by atoms with Crippen LogP contribution >= 0.6 is 11.6 Å². The lowest BCUT2D eigenvalue weighted by Gasteiger charge is -2.24. The van der Waals surface area contributed by atoms with E-state index in [9.17, 15) is 13.2 Å². The number of nitrogens with zero attached hydrogens (tertiary/aromatic N) is 2. The lowest BCUT2D eigenvalue weighted by molar-refractivity contribution is -0.119. The fraction of sp³-hybridized carbons (Fsp3) is 0.200. The van der Waals surface area contributed by atoms with E-state index in [2.05, 4.69) is 17.5 Å². The number of carbonyl (C=O) groups excluding carboxylic acids is 1. The largest absolute Gasteiger partial charge is 0.494 e. The van der Waals surface area contributed by atoms with Gasteiger partial charge in [0.2, 0.25) is 0 Å². The lowest BCUT2D eigenvalue weighted by atomic mass is 10.2. The first-order valence-corrected chi connectivity index (χ1v) is 12.6. The van der Waals surface area contributed by atoms with E-state index in [1.165, 1.54) is 18.3 Å². The number of para-hydroxylation sites is 1. The quantitative estimate of drug-likeness (QED) is 0.232. The van der Waals surface area contributed by atoms with Crippen LogP contribution in [0.1, 0.15) is 25.3 Å². The highest BCUT2D eigenvalue weighted by atomic mass is 35.5. The SMILES string of the molecule is CCCCOc1ccc(/C=N\NC(=O)CN(c2ccccc2Cl)S(=O)(=O)c2ccccc2)cc1. The molecule has 1 amide bonds. The summed E-state index contributed by atoms with van der Waals surface area (Å²) in [7, 11) is -4.04. The fourth-order valence-electron chi connectivity index (χ4n) is 3.00. The minimum atomic E-state index is -4.04. The average molecular weight is 500 g/mol. The number of halogens is 1. The molecule has 0 saturated heterocycles. The molecule has 0 saturated carbocycles. The van der Waals surface area contributed by atoms with Crippen LogP contribution in [-0.2, 0) is 14.8 Å². The van der Waals surface area contributed by atoms with Crippen molar-refractivity contribution in [2.45, 2.75) is 24.7 Å². The molecule has 0 fully saturated rings. The molecule has 9 heteroatoms. The molecule has 3 rings (SSSR count). The number of sulfonamides is 1. The zero-order chi connectivity index (χ0) is 24.4. The van der Waals surface area contributed by atoms with Crippen molar-refractivity contribution in [1.82, 2.24) is 5.43 Å². The molecule has 34 heavy (non-hydrogen) atoms. The van der Waals surface area contributed by atoms with Gasteiger partial charge < -0.3 is 4.74 Å². The van der Waals surface area contributed by atoms with Gasteiger partial charge in [0.05, 0.1) is 28.4 Å². The van der Waals surface area contributed by atoms with Crippen LogP contribution in [0.2, 0.25) is 5.02 Å². The predicted octanol–water partition coefficient (Wildman–Crippen LogP) is 4.86. The van der Waals surface area contributed by atoms with Crippen molar-refractivity contribution in [1.29, 1.82) is 0 Å². The number of ether oxygens (including phenoxy) is 1. The molecule has 0 aliphatic heterocycles. The molecule has 0 atom stereocenters. The van der Waals surface area contributed by atoms with Gasteiger partial charge in [0.1, 0.15) is 12.3 Å². The summed E-state index contributed by atoms with van der Waals surface area (Å²) in [5, 5.41) is 4.16. The van der Waals surface area contributed by atoms with E-state index < -0.39 is 22.5 Å². The van der Waals surface area contributed by atoms with Crippen molar-refractivity contribution >= 4 is 39.4 Å². The van der Waals surface area contributed by atoms with Gasteiger partial charge in [-0.25, -0.2) is 13.8 Å². The molecule has 178 valence electrons. The first kappa shape index (κ1) is 25.3. The zero-order valence-corrected chi connectivity index (χ0v) is 20.3. The van der Waals surface area contributed by atoms with Crippen molar-refractivity contribution in [2.24, 2.45) is 5.10 Å². The standard InChI is InChI=1S/C25H26ClN3O4S/c1-2-3-17-33-21-15-13-20(14-16-21)18-27-28-25(30)19-29(24-12-8-7-11-23(24)26)34(31,32)22-9-5-4-6-10-22/h4-16,18H,2-3,17,19H2,1H3,(H,28,30)/b27-18-. The summed E-state index contributed by atoms with van der Waals surface area (Å²) in [6.07, 6.45) is 3.52. The number of hydrazone groups is 1. The highest BCUT2D eigenvalue weighted by Gasteiger charge is 2.28. The number of unbranched alkanes of at least 4 members (excludes halogenated alkanes) is 1. The van der Waals surface area contributed by atoms with Gasteiger partial charge in [-0.15, -0.1) is 0 Å². The van der Waals surface area contributed by atoms with Crippen LogP contribution in [0.3, 0.4) is 0 Å². The van der Waals surface area contributed by atoms with Crippen molar-refractivity contribution < 1.29 is 17.9 Å². The van der Waals surface area contributed by atoms with E-state index in [1.54, 1.807) is 42.5 Å². The summed E-state index contributed by atoms with van der Waals surface area (Å²) in [6.45, 7) is 2.26. The van der Waals surface area contributed by atoms with E-state index in [1.807, 2.05) is 24.3 Å². The second-order valence-corrected chi connectivity index (χ2v) is 9.61. The Balaban J connectivity index is 1.71. The van der Waals surface area contributed by atoms with Crippen molar-refractivity contribution in [3.63, 3.8) is 0 Å². The number of nitrogens with one attached hydrogen (secondary N) is 1.